The van der Waals surface area contributed by atoms with Crippen molar-refractivity contribution < 1.29 is 4.39 Å². The summed E-state index contributed by atoms with van der Waals surface area (Å²) in [5, 5.41) is 35.8. The van der Waals surface area contributed by atoms with E-state index in [0.29, 0.717) is 52.1 Å². The molecule has 0 saturated heterocycles. The fraction of sp³-hybridized carbons (Fsp3) is 0.276. The van der Waals surface area contributed by atoms with Gasteiger partial charge in [-0.2, -0.15) is 10.5 Å². The number of nitrogens with zero attached hydrogens (tertiary/aromatic N) is 6. The number of aromatic nitrogens is 4. The Bertz CT molecular complexity index is 1570. The summed E-state index contributed by atoms with van der Waals surface area (Å²) >= 11 is 0. The van der Waals surface area contributed by atoms with Gasteiger partial charge in [-0.3, -0.25) is 4.98 Å². The monoisotopic (exact) mass is 508 g/mol. The van der Waals surface area contributed by atoms with E-state index in [9.17, 15) is 14.9 Å². The molecule has 0 aliphatic carbocycles. The molecule has 38 heavy (non-hydrogen) atoms. The Kier molecular flexibility index (Phi) is 7.40. The standard InChI is InChI=1S/C29H29FN8/c1-6-18(2)38-16-25(36-37-38)28(19-7-9-22(30)10-8-19)35-23-11-20(13-31)26-24(12-23)27(21(14-32)15-33-26)34-17-29(3,4)5/h7-12,15-16,28,35H,2,6,17H2,1,3-5H3,(H,33,34)/t28-/m0/s1. The molecular formula is C29H29FN8. The first-order valence-electron chi connectivity index (χ1n) is 12.3. The zero-order valence-electron chi connectivity index (χ0n) is 21.9. The average Bonchev–Trinajstić information content (AvgIpc) is 3.39. The molecule has 2 aromatic heterocycles. The Morgan fingerprint density at radius 1 is 1.13 bits per heavy atom. The Hall–Kier alpha value is -4.76. The van der Waals surface area contributed by atoms with Gasteiger partial charge in [-0.1, -0.05) is 51.6 Å². The summed E-state index contributed by atoms with van der Waals surface area (Å²) in [4.78, 5) is 4.42. The van der Waals surface area contributed by atoms with Crippen LogP contribution in [0.1, 0.15) is 62.5 Å². The van der Waals surface area contributed by atoms with Gasteiger partial charge in [-0.05, 0) is 41.7 Å². The second-order valence-electron chi connectivity index (χ2n) is 10.2. The van der Waals surface area contributed by atoms with Crippen LogP contribution in [0.2, 0.25) is 0 Å². The summed E-state index contributed by atoms with van der Waals surface area (Å²) in [6.07, 6.45) is 3.97. The van der Waals surface area contributed by atoms with Gasteiger partial charge in [-0.25, -0.2) is 9.07 Å². The summed E-state index contributed by atoms with van der Waals surface area (Å²) < 4.78 is 15.4. The molecule has 9 heteroatoms. The van der Waals surface area contributed by atoms with Crippen molar-refractivity contribution in [2.24, 2.45) is 5.41 Å². The minimum absolute atomic E-state index is 0.0434. The predicted octanol–water partition coefficient (Wildman–Crippen LogP) is 6.25. The third-order valence-electron chi connectivity index (χ3n) is 6.06. The molecule has 192 valence electrons. The number of anilines is 2. The molecule has 0 saturated carbocycles. The number of fused-ring (bicyclic) bond motifs is 1. The number of nitrogens with one attached hydrogen (secondary N) is 2. The number of hydrogen-bond donors (Lipinski definition) is 2. The summed E-state index contributed by atoms with van der Waals surface area (Å²) in [6.45, 7) is 12.9. The fourth-order valence-corrected chi connectivity index (χ4v) is 3.98. The molecule has 0 aliphatic heterocycles. The van der Waals surface area contributed by atoms with Crippen LogP contribution in [-0.4, -0.2) is 26.5 Å². The first-order valence-corrected chi connectivity index (χ1v) is 12.3. The fourth-order valence-electron chi connectivity index (χ4n) is 3.98. The van der Waals surface area contributed by atoms with Gasteiger partial charge in [0.2, 0.25) is 0 Å². The smallest absolute Gasteiger partial charge is 0.123 e. The van der Waals surface area contributed by atoms with Gasteiger partial charge in [0.15, 0.2) is 0 Å². The SMILES string of the molecule is C=C(CC)n1cc([C@@H](Nc2cc(C#N)c3ncc(C#N)c(NCC(C)(C)C)c3c2)c2ccc(F)cc2)nn1. The number of benzene rings is 2. The van der Waals surface area contributed by atoms with Crippen molar-refractivity contribution >= 4 is 28.0 Å². The van der Waals surface area contributed by atoms with E-state index in [-0.39, 0.29) is 11.2 Å². The highest BCUT2D eigenvalue weighted by molar-refractivity contribution is 5.99. The van der Waals surface area contributed by atoms with Crippen LogP contribution >= 0.6 is 0 Å². The lowest BCUT2D eigenvalue weighted by Crippen LogP contribution is -2.20. The summed E-state index contributed by atoms with van der Waals surface area (Å²) in [7, 11) is 0. The third-order valence-corrected chi connectivity index (χ3v) is 6.06. The lowest BCUT2D eigenvalue weighted by Gasteiger charge is -2.22. The molecule has 2 aromatic carbocycles. The second kappa shape index (κ2) is 10.7. The van der Waals surface area contributed by atoms with E-state index in [1.165, 1.54) is 18.3 Å². The first kappa shape index (κ1) is 26.3. The minimum Gasteiger partial charge on any atom is -0.383 e. The predicted molar refractivity (Wildman–Crippen MR) is 147 cm³/mol. The normalized spacial score (nSPS) is 12.0. The maximum absolute atomic E-state index is 13.7. The Morgan fingerprint density at radius 2 is 1.84 bits per heavy atom. The number of hydrogen-bond acceptors (Lipinski definition) is 7. The topological polar surface area (TPSA) is 115 Å². The van der Waals surface area contributed by atoms with E-state index in [1.54, 1.807) is 29.1 Å². The highest BCUT2D eigenvalue weighted by Crippen LogP contribution is 2.34. The average molecular weight is 509 g/mol. The maximum atomic E-state index is 13.7. The molecule has 2 N–H and O–H groups in total. The molecule has 8 nitrogen and oxygen atoms in total. The van der Waals surface area contributed by atoms with Crippen molar-refractivity contribution in [3.8, 4) is 12.1 Å². The number of pyridine rings is 1. The molecule has 2 heterocycles. The largest absolute Gasteiger partial charge is 0.383 e. The van der Waals surface area contributed by atoms with E-state index in [4.69, 9.17) is 0 Å². The van der Waals surface area contributed by atoms with Crippen LogP contribution in [0.15, 0.2) is 55.4 Å². The summed E-state index contributed by atoms with van der Waals surface area (Å²) in [5.74, 6) is -0.349. The van der Waals surface area contributed by atoms with Crippen LogP contribution in [0.5, 0.6) is 0 Å². The quantitative estimate of drug-likeness (QED) is 0.289. The highest BCUT2D eigenvalue weighted by atomic mass is 19.1. The molecule has 0 aliphatic rings. The molecule has 0 bridgehead atoms. The van der Waals surface area contributed by atoms with Crippen LogP contribution in [0.3, 0.4) is 0 Å². The van der Waals surface area contributed by atoms with Gasteiger partial charge >= 0.3 is 0 Å². The van der Waals surface area contributed by atoms with Gasteiger partial charge < -0.3 is 10.6 Å². The molecule has 4 rings (SSSR count). The minimum atomic E-state index is -0.504. The van der Waals surface area contributed by atoms with Crippen molar-refractivity contribution in [2.75, 3.05) is 17.2 Å². The van der Waals surface area contributed by atoms with Crippen LogP contribution in [0.4, 0.5) is 15.8 Å². The number of nitriles is 2. The maximum Gasteiger partial charge on any atom is 0.123 e. The Balaban J connectivity index is 1.85. The van der Waals surface area contributed by atoms with Gasteiger partial charge in [0, 0.05) is 29.5 Å². The zero-order chi connectivity index (χ0) is 27.4. The van der Waals surface area contributed by atoms with E-state index in [2.05, 4.69) is 65.4 Å². The van der Waals surface area contributed by atoms with Gasteiger partial charge in [-0.15, -0.1) is 5.10 Å². The van der Waals surface area contributed by atoms with Crippen molar-refractivity contribution in [1.29, 1.82) is 10.5 Å². The van der Waals surface area contributed by atoms with Crippen LogP contribution in [0, 0.1) is 33.9 Å². The van der Waals surface area contributed by atoms with E-state index in [0.717, 1.165) is 11.3 Å². The first-order chi connectivity index (χ1) is 18.1. The van der Waals surface area contributed by atoms with Crippen molar-refractivity contribution in [2.45, 2.75) is 40.2 Å². The molecule has 0 amide bonds. The van der Waals surface area contributed by atoms with Crippen LogP contribution in [0.25, 0.3) is 16.6 Å². The lowest BCUT2D eigenvalue weighted by atomic mass is 9.96. The summed E-state index contributed by atoms with van der Waals surface area (Å²) in [6, 6.07) is 13.6. The molecule has 4 aromatic rings. The number of allylic oxidation sites excluding steroid dienone is 1. The van der Waals surface area contributed by atoms with Crippen LogP contribution < -0.4 is 10.6 Å². The molecule has 0 fully saturated rings. The Morgan fingerprint density at radius 3 is 2.47 bits per heavy atom. The van der Waals surface area contributed by atoms with Gasteiger partial charge in [0.1, 0.15) is 23.6 Å². The van der Waals surface area contributed by atoms with E-state index >= 15 is 0 Å². The number of halogens is 1. The Labute approximate surface area is 221 Å². The van der Waals surface area contributed by atoms with Crippen molar-refractivity contribution in [3.05, 3.63) is 83.6 Å². The summed E-state index contributed by atoms with van der Waals surface area (Å²) in [5.41, 5.74) is 4.57. The molecular weight excluding hydrogens is 479 g/mol. The van der Waals surface area contributed by atoms with E-state index in [1.807, 2.05) is 13.0 Å². The van der Waals surface area contributed by atoms with Crippen molar-refractivity contribution in [3.63, 3.8) is 0 Å². The highest BCUT2D eigenvalue weighted by Gasteiger charge is 2.21. The molecule has 0 spiro atoms. The number of rotatable bonds is 8. The van der Waals surface area contributed by atoms with Crippen LogP contribution in [-0.2, 0) is 0 Å². The molecule has 0 radical (unpaired) electrons. The molecule has 1 atom stereocenters. The lowest BCUT2D eigenvalue weighted by molar-refractivity contribution is 0.443. The van der Waals surface area contributed by atoms with Crippen molar-refractivity contribution in [1.82, 2.24) is 20.0 Å². The zero-order valence-corrected chi connectivity index (χ0v) is 21.9. The molecule has 0 unspecified atom stereocenters. The third kappa shape index (κ3) is 5.63. The van der Waals surface area contributed by atoms with Gasteiger partial charge in [0.25, 0.3) is 0 Å². The van der Waals surface area contributed by atoms with E-state index < -0.39 is 6.04 Å². The van der Waals surface area contributed by atoms with Gasteiger partial charge in [0.05, 0.1) is 34.6 Å². The second-order valence-corrected chi connectivity index (χ2v) is 10.2.